The molecular weight excluding hydrogens is 372 g/mol. The van der Waals surface area contributed by atoms with Gasteiger partial charge >= 0.3 is 0 Å². The van der Waals surface area contributed by atoms with Gasteiger partial charge in [0.25, 0.3) is 5.91 Å². The number of piperidine rings is 1. The van der Waals surface area contributed by atoms with Crippen LogP contribution in [-0.4, -0.2) is 41.1 Å². The van der Waals surface area contributed by atoms with E-state index in [9.17, 15) is 19.2 Å². The van der Waals surface area contributed by atoms with Gasteiger partial charge in [0.2, 0.25) is 17.7 Å². The van der Waals surface area contributed by atoms with Crippen LogP contribution in [0.1, 0.15) is 48.0 Å². The summed E-state index contributed by atoms with van der Waals surface area (Å²) in [5.74, 6) is -1.06. The lowest BCUT2D eigenvalue weighted by Crippen LogP contribution is -2.52. The highest BCUT2D eigenvalue weighted by Gasteiger charge is 2.39. The van der Waals surface area contributed by atoms with Crippen LogP contribution in [0.5, 0.6) is 0 Å². The van der Waals surface area contributed by atoms with Gasteiger partial charge < -0.3 is 16.0 Å². The maximum Gasteiger partial charge on any atom is 0.255 e. The summed E-state index contributed by atoms with van der Waals surface area (Å²) in [5, 5.41) is 5.10. The molecule has 1 atom stereocenters. The minimum atomic E-state index is -0.637. The summed E-state index contributed by atoms with van der Waals surface area (Å²) in [6.45, 7) is 0.849. The first-order valence-corrected chi connectivity index (χ1v) is 8.77. The molecule has 3 rings (SSSR count). The Morgan fingerprint density at radius 3 is 2.74 bits per heavy atom. The number of hydrogen-bond donors (Lipinski definition) is 3. The van der Waals surface area contributed by atoms with Crippen LogP contribution >= 0.6 is 12.4 Å². The number of fused-ring (bicyclic) bond motifs is 1. The van der Waals surface area contributed by atoms with Gasteiger partial charge in [-0.1, -0.05) is 0 Å². The van der Waals surface area contributed by atoms with Crippen LogP contribution in [0.15, 0.2) is 18.2 Å². The third-order valence-electron chi connectivity index (χ3n) is 4.67. The van der Waals surface area contributed by atoms with Crippen LogP contribution in [0.4, 0.5) is 5.69 Å². The van der Waals surface area contributed by atoms with Gasteiger partial charge in [0.05, 0.1) is 0 Å². The molecule has 8 nitrogen and oxygen atoms in total. The second kappa shape index (κ2) is 8.96. The number of benzene rings is 1. The third-order valence-corrected chi connectivity index (χ3v) is 4.67. The highest BCUT2D eigenvalue weighted by molar-refractivity contribution is 6.05. The Labute approximate surface area is 163 Å². The number of nitrogens with one attached hydrogen (secondary N) is 2. The van der Waals surface area contributed by atoms with Crippen LogP contribution in [0, 0.1) is 0 Å². The van der Waals surface area contributed by atoms with Crippen molar-refractivity contribution in [3.8, 4) is 0 Å². The minimum Gasteiger partial charge on any atom is -0.330 e. The Bertz CT molecular complexity index is 768. The van der Waals surface area contributed by atoms with Gasteiger partial charge in [-0.05, 0) is 49.6 Å². The zero-order chi connectivity index (χ0) is 18.7. The Kier molecular flexibility index (Phi) is 6.92. The molecule has 1 aromatic carbocycles. The first-order chi connectivity index (χ1) is 12.5. The molecule has 0 spiro atoms. The molecule has 2 aliphatic heterocycles. The molecule has 0 aliphatic carbocycles. The molecule has 0 radical (unpaired) electrons. The van der Waals surface area contributed by atoms with Crippen LogP contribution in [0.3, 0.4) is 0 Å². The lowest BCUT2D eigenvalue weighted by atomic mass is 10.0. The van der Waals surface area contributed by atoms with Gasteiger partial charge in [0.1, 0.15) is 6.04 Å². The summed E-state index contributed by atoms with van der Waals surface area (Å²) < 4.78 is 0. The molecule has 1 fully saturated rings. The summed E-state index contributed by atoms with van der Waals surface area (Å²) in [7, 11) is 0. The second-order valence-electron chi connectivity index (χ2n) is 6.57. The second-order valence-corrected chi connectivity index (χ2v) is 6.57. The number of anilines is 1. The summed E-state index contributed by atoms with van der Waals surface area (Å²) in [5.41, 5.74) is 7.33. The smallest absolute Gasteiger partial charge is 0.255 e. The third kappa shape index (κ3) is 4.64. The fourth-order valence-corrected chi connectivity index (χ4v) is 3.31. The van der Waals surface area contributed by atoms with Crippen LogP contribution in [0.2, 0.25) is 0 Å². The van der Waals surface area contributed by atoms with Gasteiger partial charge in [-0.15, -0.1) is 12.4 Å². The molecule has 9 heteroatoms. The lowest BCUT2D eigenvalue weighted by molar-refractivity contribution is -0.137. The summed E-state index contributed by atoms with van der Waals surface area (Å²) in [6.07, 6.45) is 2.48. The molecule has 4 amide bonds. The van der Waals surface area contributed by atoms with E-state index in [0.29, 0.717) is 30.6 Å². The van der Waals surface area contributed by atoms with Crippen molar-refractivity contribution in [3.63, 3.8) is 0 Å². The van der Waals surface area contributed by atoms with Crippen molar-refractivity contribution in [3.05, 3.63) is 29.3 Å². The first kappa shape index (κ1) is 20.9. The number of unbranched alkanes of at least 4 members (excludes halogenated alkanes) is 1. The maximum atomic E-state index is 12.6. The summed E-state index contributed by atoms with van der Waals surface area (Å²) in [6, 6.07) is 4.48. The van der Waals surface area contributed by atoms with Gasteiger partial charge in [0.15, 0.2) is 0 Å². The summed E-state index contributed by atoms with van der Waals surface area (Å²) >= 11 is 0. The van der Waals surface area contributed by atoms with E-state index in [2.05, 4.69) is 10.6 Å². The van der Waals surface area contributed by atoms with Crippen LogP contribution in [0.25, 0.3) is 0 Å². The Morgan fingerprint density at radius 1 is 1.26 bits per heavy atom. The number of nitrogens with zero attached hydrogens (tertiary/aromatic N) is 1. The molecular formula is C18H23ClN4O4. The predicted molar refractivity (Wildman–Crippen MR) is 101 cm³/mol. The van der Waals surface area contributed by atoms with E-state index in [4.69, 9.17) is 5.73 Å². The number of nitrogens with two attached hydrogens (primary N) is 1. The topological polar surface area (TPSA) is 122 Å². The van der Waals surface area contributed by atoms with Crippen molar-refractivity contribution in [2.45, 2.75) is 44.7 Å². The first-order valence-electron chi connectivity index (χ1n) is 8.77. The minimum absolute atomic E-state index is 0. The molecule has 0 aromatic heterocycles. The van der Waals surface area contributed by atoms with Gasteiger partial charge in [-0.3, -0.25) is 24.5 Å². The highest BCUT2D eigenvalue weighted by Crippen LogP contribution is 2.29. The van der Waals surface area contributed by atoms with Crippen molar-refractivity contribution in [2.24, 2.45) is 5.73 Å². The standard InChI is InChI=1S/C18H22N4O4.ClH/c19-8-2-1-3-15(23)20-12-4-5-13-11(9-12)10-22(18(13)26)14-6-7-16(24)21-17(14)25;/h4-5,9,14H,1-3,6-8,10,19H2,(H,20,23)(H,21,24,25);1H. The average Bonchev–Trinajstić information content (AvgIpc) is 2.91. The molecule has 27 heavy (non-hydrogen) atoms. The molecule has 1 saturated heterocycles. The van der Waals surface area contributed by atoms with Crippen LogP contribution < -0.4 is 16.4 Å². The number of hydrogen-bond acceptors (Lipinski definition) is 5. The lowest BCUT2D eigenvalue weighted by Gasteiger charge is -2.29. The monoisotopic (exact) mass is 394 g/mol. The van der Waals surface area contributed by atoms with Gasteiger partial charge in [0, 0.05) is 30.6 Å². The zero-order valence-corrected chi connectivity index (χ0v) is 15.6. The molecule has 0 saturated carbocycles. The Hall–Kier alpha value is -2.45. The van der Waals surface area contributed by atoms with E-state index in [1.807, 2.05) is 0 Å². The SMILES string of the molecule is Cl.NCCCCC(=O)Nc1ccc2c(c1)CN(C1CCC(=O)NC1=O)C2=O. The molecule has 2 aliphatic rings. The predicted octanol–water partition coefficient (Wildman–Crippen LogP) is 0.937. The molecule has 1 unspecified atom stereocenters. The van der Waals surface area contributed by atoms with Crippen molar-refractivity contribution < 1.29 is 19.2 Å². The largest absolute Gasteiger partial charge is 0.330 e. The van der Waals surface area contributed by atoms with E-state index >= 15 is 0 Å². The van der Waals surface area contributed by atoms with Crippen molar-refractivity contribution in [1.29, 1.82) is 0 Å². The van der Waals surface area contributed by atoms with E-state index in [0.717, 1.165) is 18.4 Å². The fourth-order valence-electron chi connectivity index (χ4n) is 3.31. The van der Waals surface area contributed by atoms with Crippen molar-refractivity contribution in [1.82, 2.24) is 10.2 Å². The highest BCUT2D eigenvalue weighted by atomic mass is 35.5. The number of imide groups is 1. The normalized spacial score (nSPS) is 18.6. The fraction of sp³-hybridized carbons (Fsp3) is 0.444. The van der Waals surface area contributed by atoms with Gasteiger partial charge in [-0.2, -0.15) is 0 Å². The van der Waals surface area contributed by atoms with Crippen molar-refractivity contribution in [2.75, 3.05) is 11.9 Å². The molecule has 146 valence electrons. The maximum absolute atomic E-state index is 12.6. The Balaban J connectivity index is 0.00000261. The van der Waals surface area contributed by atoms with Crippen LogP contribution in [-0.2, 0) is 20.9 Å². The molecule has 4 N–H and O–H groups in total. The number of carbonyl (C=O) groups is 4. The Morgan fingerprint density at radius 2 is 2.04 bits per heavy atom. The number of rotatable bonds is 6. The van der Waals surface area contributed by atoms with E-state index < -0.39 is 11.9 Å². The van der Waals surface area contributed by atoms with E-state index in [1.54, 1.807) is 18.2 Å². The van der Waals surface area contributed by atoms with E-state index in [-0.39, 0.29) is 43.1 Å². The van der Waals surface area contributed by atoms with Crippen molar-refractivity contribution >= 4 is 41.7 Å². The quantitative estimate of drug-likeness (QED) is 0.489. The molecule has 2 heterocycles. The van der Waals surface area contributed by atoms with E-state index in [1.165, 1.54) is 4.90 Å². The summed E-state index contributed by atoms with van der Waals surface area (Å²) in [4.78, 5) is 49.3. The number of carbonyl (C=O) groups excluding carboxylic acids is 4. The molecule has 0 bridgehead atoms. The average molecular weight is 395 g/mol. The van der Waals surface area contributed by atoms with Gasteiger partial charge in [-0.25, -0.2) is 0 Å². The molecule has 1 aromatic rings. The number of halogens is 1. The number of amides is 4. The zero-order valence-electron chi connectivity index (χ0n) is 14.8.